The number of nitrogens with zero attached hydrogens (tertiary/aromatic N) is 4. The smallest absolute Gasteiger partial charge is 0.115 e. The lowest BCUT2D eigenvalue weighted by molar-refractivity contribution is 0.383. The summed E-state index contributed by atoms with van der Waals surface area (Å²) in [5.41, 5.74) is 3.24. The van der Waals surface area contributed by atoms with Crippen LogP contribution in [0.15, 0.2) is 47.7 Å². The van der Waals surface area contributed by atoms with Crippen molar-refractivity contribution < 1.29 is 0 Å². The van der Waals surface area contributed by atoms with E-state index in [9.17, 15) is 0 Å². The molecule has 19 heavy (non-hydrogen) atoms. The number of aliphatic imine (C=N–C) groups is 1. The number of aryl methyl sites for hydroxylation is 1. The molecule has 96 valence electrons. The predicted octanol–water partition coefficient (Wildman–Crippen LogP) is 2.22. The molecular formula is C15H16N4. The van der Waals surface area contributed by atoms with E-state index in [1.54, 1.807) is 0 Å². The van der Waals surface area contributed by atoms with Gasteiger partial charge in [0.05, 0.1) is 24.3 Å². The first-order chi connectivity index (χ1) is 9.36. The fourth-order valence-corrected chi connectivity index (χ4v) is 2.38. The van der Waals surface area contributed by atoms with Crippen LogP contribution in [-0.4, -0.2) is 34.3 Å². The second-order valence-electron chi connectivity index (χ2n) is 4.62. The molecule has 1 unspecified atom stereocenters. The minimum Gasteiger partial charge on any atom is -0.347 e. The van der Waals surface area contributed by atoms with E-state index in [4.69, 9.17) is 0 Å². The average Bonchev–Trinajstić information content (AvgIpc) is 2.96. The Bertz CT molecular complexity index is 580. The van der Waals surface area contributed by atoms with Gasteiger partial charge in [0.15, 0.2) is 0 Å². The first-order valence-corrected chi connectivity index (χ1v) is 6.44. The van der Waals surface area contributed by atoms with Crippen molar-refractivity contribution in [2.75, 3.05) is 13.1 Å². The molecule has 3 heterocycles. The van der Waals surface area contributed by atoms with Gasteiger partial charge in [-0.15, -0.1) is 0 Å². The van der Waals surface area contributed by atoms with E-state index in [2.05, 4.69) is 32.9 Å². The monoisotopic (exact) mass is 252 g/mol. The lowest BCUT2D eigenvalue weighted by atomic mass is 10.0. The van der Waals surface area contributed by atoms with E-state index in [0.717, 1.165) is 24.5 Å². The third kappa shape index (κ3) is 2.34. The SMILES string of the molecule is Cc1cccnc1C(c1ccccn1)N1C=NCC1. The first kappa shape index (κ1) is 11.8. The lowest BCUT2D eigenvalue weighted by Gasteiger charge is -2.27. The first-order valence-electron chi connectivity index (χ1n) is 6.44. The van der Waals surface area contributed by atoms with Gasteiger partial charge in [0.1, 0.15) is 6.04 Å². The quantitative estimate of drug-likeness (QED) is 0.841. The molecule has 0 spiro atoms. The molecule has 4 nitrogen and oxygen atoms in total. The normalized spacial score (nSPS) is 15.7. The van der Waals surface area contributed by atoms with E-state index in [1.807, 2.05) is 43.0 Å². The molecule has 2 aromatic heterocycles. The highest BCUT2D eigenvalue weighted by Crippen LogP contribution is 2.27. The van der Waals surface area contributed by atoms with Crippen molar-refractivity contribution in [2.24, 2.45) is 4.99 Å². The summed E-state index contributed by atoms with van der Waals surface area (Å²) < 4.78 is 0. The molecule has 0 saturated carbocycles. The number of rotatable bonds is 3. The summed E-state index contributed by atoms with van der Waals surface area (Å²) in [7, 11) is 0. The molecule has 0 radical (unpaired) electrons. The summed E-state index contributed by atoms with van der Waals surface area (Å²) in [4.78, 5) is 15.6. The summed E-state index contributed by atoms with van der Waals surface area (Å²) >= 11 is 0. The van der Waals surface area contributed by atoms with Crippen molar-refractivity contribution >= 4 is 6.34 Å². The minimum absolute atomic E-state index is 0.0497. The number of hydrogen-bond acceptors (Lipinski definition) is 4. The summed E-state index contributed by atoms with van der Waals surface area (Å²) in [6, 6.07) is 10.1. The Morgan fingerprint density at radius 3 is 2.68 bits per heavy atom. The van der Waals surface area contributed by atoms with E-state index in [0.29, 0.717) is 0 Å². The van der Waals surface area contributed by atoms with Crippen molar-refractivity contribution in [3.8, 4) is 0 Å². The number of aromatic nitrogens is 2. The van der Waals surface area contributed by atoms with Gasteiger partial charge in [0, 0.05) is 18.9 Å². The van der Waals surface area contributed by atoms with Crippen LogP contribution in [-0.2, 0) is 0 Å². The molecule has 0 bridgehead atoms. The van der Waals surface area contributed by atoms with Gasteiger partial charge in [0.25, 0.3) is 0 Å². The summed E-state index contributed by atoms with van der Waals surface area (Å²) in [5, 5.41) is 0. The molecule has 0 saturated heterocycles. The zero-order chi connectivity index (χ0) is 13.1. The molecular weight excluding hydrogens is 236 g/mol. The standard InChI is InChI=1S/C15H16N4/c1-12-5-4-8-18-14(12)15(19-10-9-16-11-19)13-6-2-3-7-17-13/h2-8,11,15H,9-10H2,1H3. The van der Waals surface area contributed by atoms with Crippen LogP contribution in [0.25, 0.3) is 0 Å². The topological polar surface area (TPSA) is 41.4 Å². The fourth-order valence-electron chi connectivity index (χ4n) is 2.38. The highest BCUT2D eigenvalue weighted by molar-refractivity contribution is 5.59. The second kappa shape index (κ2) is 5.18. The molecule has 2 aromatic rings. The van der Waals surface area contributed by atoms with Crippen molar-refractivity contribution in [2.45, 2.75) is 13.0 Å². The van der Waals surface area contributed by atoms with Gasteiger partial charge < -0.3 is 4.90 Å². The summed E-state index contributed by atoms with van der Waals surface area (Å²) in [6.45, 7) is 3.85. The van der Waals surface area contributed by atoms with E-state index >= 15 is 0 Å². The van der Waals surface area contributed by atoms with Crippen LogP contribution in [0, 0.1) is 6.92 Å². The van der Waals surface area contributed by atoms with Crippen LogP contribution in [0.4, 0.5) is 0 Å². The molecule has 1 atom stereocenters. The van der Waals surface area contributed by atoms with Gasteiger partial charge in [-0.1, -0.05) is 12.1 Å². The molecule has 1 aliphatic heterocycles. The third-order valence-corrected chi connectivity index (χ3v) is 3.33. The van der Waals surface area contributed by atoms with E-state index < -0.39 is 0 Å². The summed E-state index contributed by atoms with van der Waals surface area (Å²) in [6.07, 6.45) is 5.58. The Morgan fingerprint density at radius 1 is 1.11 bits per heavy atom. The molecule has 1 aliphatic rings. The van der Waals surface area contributed by atoms with Crippen LogP contribution in [0.5, 0.6) is 0 Å². The Balaban J connectivity index is 2.07. The molecule has 0 fully saturated rings. The highest BCUT2D eigenvalue weighted by Gasteiger charge is 2.25. The summed E-state index contributed by atoms with van der Waals surface area (Å²) in [5.74, 6) is 0. The Kier molecular flexibility index (Phi) is 3.23. The predicted molar refractivity (Wildman–Crippen MR) is 75.1 cm³/mol. The molecule has 3 rings (SSSR count). The molecule has 4 heteroatoms. The van der Waals surface area contributed by atoms with Crippen molar-refractivity contribution in [1.82, 2.24) is 14.9 Å². The van der Waals surface area contributed by atoms with Crippen LogP contribution >= 0.6 is 0 Å². The third-order valence-electron chi connectivity index (χ3n) is 3.33. The van der Waals surface area contributed by atoms with E-state index in [-0.39, 0.29) is 6.04 Å². The van der Waals surface area contributed by atoms with Crippen LogP contribution in [0.3, 0.4) is 0 Å². The van der Waals surface area contributed by atoms with Gasteiger partial charge in [-0.3, -0.25) is 15.0 Å². The second-order valence-corrected chi connectivity index (χ2v) is 4.62. The van der Waals surface area contributed by atoms with Crippen LogP contribution in [0.2, 0.25) is 0 Å². The van der Waals surface area contributed by atoms with Gasteiger partial charge in [-0.2, -0.15) is 0 Å². The van der Waals surface area contributed by atoms with Crippen molar-refractivity contribution in [3.63, 3.8) is 0 Å². The largest absolute Gasteiger partial charge is 0.347 e. The molecule has 0 aliphatic carbocycles. The Labute approximate surface area is 112 Å². The highest BCUT2D eigenvalue weighted by atomic mass is 15.2. The van der Waals surface area contributed by atoms with Crippen LogP contribution in [0.1, 0.15) is 23.0 Å². The maximum Gasteiger partial charge on any atom is 0.115 e. The molecule has 0 N–H and O–H groups in total. The van der Waals surface area contributed by atoms with Crippen molar-refractivity contribution in [3.05, 3.63) is 59.7 Å². The zero-order valence-corrected chi connectivity index (χ0v) is 10.9. The van der Waals surface area contributed by atoms with Gasteiger partial charge in [-0.25, -0.2) is 0 Å². The number of hydrogen-bond donors (Lipinski definition) is 0. The fraction of sp³-hybridized carbons (Fsp3) is 0.267. The Morgan fingerprint density at radius 2 is 2.00 bits per heavy atom. The molecule has 0 amide bonds. The lowest BCUT2D eigenvalue weighted by Crippen LogP contribution is -2.28. The minimum atomic E-state index is 0.0497. The van der Waals surface area contributed by atoms with E-state index in [1.165, 1.54) is 5.56 Å². The molecule has 0 aromatic carbocycles. The van der Waals surface area contributed by atoms with Gasteiger partial charge in [-0.05, 0) is 30.7 Å². The average molecular weight is 252 g/mol. The van der Waals surface area contributed by atoms with Crippen LogP contribution < -0.4 is 0 Å². The Hall–Kier alpha value is -2.23. The maximum absolute atomic E-state index is 4.56. The maximum atomic E-state index is 4.56. The van der Waals surface area contributed by atoms with Gasteiger partial charge >= 0.3 is 0 Å². The van der Waals surface area contributed by atoms with Gasteiger partial charge in [0.2, 0.25) is 0 Å². The zero-order valence-electron chi connectivity index (χ0n) is 10.9. The number of pyridine rings is 2. The van der Waals surface area contributed by atoms with Crippen molar-refractivity contribution in [1.29, 1.82) is 0 Å².